The molecule has 0 saturated carbocycles. The summed E-state index contributed by atoms with van der Waals surface area (Å²) in [7, 11) is 0. The van der Waals surface area contributed by atoms with Crippen LogP contribution in [-0.2, 0) is 17.8 Å². The predicted octanol–water partition coefficient (Wildman–Crippen LogP) is 5.73. The van der Waals surface area contributed by atoms with Crippen LogP contribution < -0.4 is 5.73 Å². The SMILES string of the molecule is C.C.CCOC(=O)c1nc(-c2nccs2)n(Cc2ccccc2F)n1.NC(=O)c1nc(-c2nccs2)n(Cc2ccccc2F)n1. The molecule has 46 heavy (non-hydrogen) atoms. The summed E-state index contributed by atoms with van der Waals surface area (Å²) in [5, 5.41) is 12.9. The third kappa shape index (κ3) is 8.28. The van der Waals surface area contributed by atoms with Gasteiger partial charge >= 0.3 is 5.97 Å². The molecule has 0 aliphatic heterocycles. The highest BCUT2D eigenvalue weighted by atomic mass is 32.1. The highest BCUT2D eigenvalue weighted by Gasteiger charge is 2.21. The second-order valence-electron chi connectivity index (χ2n) is 8.78. The molecular weight excluding hydrogens is 637 g/mol. The van der Waals surface area contributed by atoms with E-state index >= 15 is 0 Å². The van der Waals surface area contributed by atoms with E-state index in [1.165, 1.54) is 44.2 Å². The number of ether oxygens (including phenoxy) is 1. The third-order valence-corrected chi connectivity index (χ3v) is 7.36. The Kier molecular flexibility index (Phi) is 12.4. The standard InChI is InChI=1S/C15H13FN4O2S.C13H10FN5OS.2CH4/c1-2-22-15(21)12-18-13(14-17-7-8-23-14)20(19-12)9-10-5-3-4-6-11(10)16;14-9-4-2-1-3-8(9)7-19-12(13-16-5-6-21-13)17-11(18-19)10(15)20;;/h3-8H,2,9H2,1H3;1-6H,7H2,(H2,15,20);2*1H4. The van der Waals surface area contributed by atoms with E-state index in [1.807, 2.05) is 0 Å². The maximum atomic E-state index is 13.9. The number of rotatable bonds is 9. The van der Waals surface area contributed by atoms with Crippen LogP contribution in [0.25, 0.3) is 21.7 Å². The molecule has 0 spiro atoms. The molecule has 1 amide bonds. The Balaban J connectivity index is 0.000000241. The van der Waals surface area contributed by atoms with Crippen molar-refractivity contribution in [2.75, 3.05) is 6.61 Å². The zero-order chi connectivity index (χ0) is 31.1. The minimum Gasteiger partial charge on any atom is -0.460 e. The fraction of sp³-hybridized carbons (Fsp3) is 0.200. The topological polar surface area (TPSA) is 157 Å². The average molecular weight is 668 g/mol. The van der Waals surface area contributed by atoms with Crippen LogP contribution in [0.5, 0.6) is 0 Å². The van der Waals surface area contributed by atoms with Gasteiger partial charge in [0.05, 0.1) is 19.7 Å². The molecule has 0 saturated heterocycles. The second-order valence-corrected chi connectivity index (χ2v) is 10.6. The lowest BCUT2D eigenvalue weighted by Crippen LogP contribution is -2.14. The summed E-state index contributed by atoms with van der Waals surface area (Å²) in [6.45, 7) is 2.22. The summed E-state index contributed by atoms with van der Waals surface area (Å²) in [6, 6.07) is 12.7. The maximum absolute atomic E-state index is 13.9. The number of thiazole rings is 2. The van der Waals surface area contributed by atoms with Gasteiger partial charge in [-0.25, -0.2) is 32.9 Å². The van der Waals surface area contributed by atoms with Crippen LogP contribution in [0.2, 0.25) is 0 Å². The van der Waals surface area contributed by atoms with E-state index in [0.717, 1.165) is 0 Å². The van der Waals surface area contributed by atoms with E-state index in [9.17, 15) is 18.4 Å². The fourth-order valence-electron chi connectivity index (χ4n) is 3.85. The van der Waals surface area contributed by atoms with E-state index in [0.29, 0.717) is 32.8 Å². The Bertz CT molecular complexity index is 1870. The molecule has 0 aliphatic rings. The minimum atomic E-state index is -0.736. The van der Waals surface area contributed by atoms with Gasteiger partial charge in [0.1, 0.15) is 11.6 Å². The van der Waals surface area contributed by atoms with Gasteiger partial charge in [-0.05, 0) is 19.1 Å². The molecule has 4 aromatic heterocycles. The number of nitrogens with zero attached hydrogens (tertiary/aromatic N) is 8. The van der Waals surface area contributed by atoms with E-state index in [2.05, 4.69) is 30.1 Å². The monoisotopic (exact) mass is 667 g/mol. The number of carbonyl (C=O) groups is 2. The lowest BCUT2D eigenvalue weighted by molar-refractivity contribution is 0.0511. The first kappa shape index (κ1) is 35.3. The Morgan fingerprint density at radius 1 is 0.783 bits per heavy atom. The van der Waals surface area contributed by atoms with Crippen molar-refractivity contribution in [1.82, 2.24) is 39.5 Å². The van der Waals surface area contributed by atoms with Crippen LogP contribution in [0, 0.1) is 11.6 Å². The van der Waals surface area contributed by atoms with Gasteiger partial charge < -0.3 is 10.5 Å². The predicted molar refractivity (Wildman–Crippen MR) is 171 cm³/mol. The molecular formula is C30H31F2N9O3S2. The van der Waals surface area contributed by atoms with Crippen LogP contribution in [0.4, 0.5) is 8.78 Å². The quantitative estimate of drug-likeness (QED) is 0.190. The first-order valence-electron chi connectivity index (χ1n) is 13.0. The molecule has 4 heterocycles. The van der Waals surface area contributed by atoms with Crippen LogP contribution >= 0.6 is 22.7 Å². The summed E-state index contributed by atoms with van der Waals surface area (Å²) in [6.07, 6.45) is 3.25. The molecule has 6 rings (SSSR count). The van der Waals surface area contributed by atoms with Crippen molar-refractivity contribution in [2.24, 2.45) is 5.73 Å². The van der Waals surface area contributed by atoms with Crippen LogP contribution in [0.15, 0.2) is 71.7 Å². The van der Waals surface area contributed by atoms with Crippen molar-refractivity contribution in [3.05, 3.63) is 106 Å². The molecule has 2 N–H and O–H groups in total. The molecule has 0 bridgehead atoms. The molecule has 0 unspecified atom stereocenters. The summed E-state index contributed by atoms with van der Waals surface area (Å²) in [5.74, 6) is -1.42. The average Bonchev–Trinajstić information content (AvgIpc) is 3.83. The highest BCUT2D eigenvalue weighted by Crippen LogP contribution is 2.23. The van der Waals surface area contributed by atoms with Gasteiger partial charge in [-0.1, -0.05) is 51.3 Å². The molecule has 12 nitrogen and oxygen atoms in total. The van der Waals surface area contributed by atoms with E-state index in [1.54, 1.807) is 66.5 Å². The van der Waals surface area contributed by atoms with Gasteiger partial charge in [0.2, 0.25) is 5.82 Å². The number of nitrogens with two attached hydrogens (primary N) is 1. The first-order valence-corrected chi connectivity index (χ1v) is 14.7. The molecule has 16 heteroatoms. The molecule has 0 aliphatic carbocycles. The molecule has 0 atom stereocenters. The maximum Gasteiger partial charge on any atom is 0.378 e. The largest absolute Gasteiger partial charge is 0.460 e. The number of hydrogen-bond donors (Lipinski definition) is 1. The molecule has 6 aromatic rings. The number of esters is 1. The van der Waals surface area contributed by atoms with Crippen LogP contribution in [0.1, 0.15) is 54.1 Å². The Morgan fingerprint density at radius 3 is 1.65 bits per heavy atom. The smallest absolute Gasteiger partial charge is 0.378 e. The second kappa shape index (κ2) is 16.2. The fourth-order valence-corrected chi connectivity index (χ4v) is 5.11. The number of hydrogen-bond acceptors (Lipinski definition) is 11. The molecule has 0 fully saturated rings. The Morgan fingerprint density at radius 2 is 1.24 bits per heavy atom. The van der Waals surface area contributed by atoms with Crippen molar-refractivity contribution < 1.29 is 23.1 Å². The lowest BCUT2D eigenvalue weighted by atomic mass is 10.2. The van der Waals surface area contributed by atoms with Gasteiger partial charge in [0.25, 0.3) is 11.7 Å². The van der Waals surface area contributed by atoms with Crippen molar-refractivity contribution in [3.8, 4) is 21.7 Å². The summed E-state index contributed by atoms with van der Waals surface area (Å²) in [5.41, 5.74) is 6.09. The third-order valence-electron chi connectivity index (χ3n) is 5.82. The number of halogens is 2. The summed E-state index contributed by atoms with van der Waals surface area (Å²) in [4.78, 5) is 39.7. The summed E-state index contributed by atoms with van der Waals surface area (Å²) < 4.78 is 35.4. The number of benzene rings is 2. The summed E-state index contributed by atoms with van der Waals surface area (Å²) >= 11 is 2.71. The van der Waals surface area contributed by atoms with Crippen LogP contribution in [-0.4, -0.2) is 58.0 Å². The van der Waals surface area contributed by atoms with Gasteiger partial charge in [0, 0.05) is 34.3 Å². The van der Waals surface area contributed by atoms with E-state index in [4.69, 9.17) is 10.5 Å². The van der Waals surface area contributed by atoms with Crippen molar-refractivity contribution in [2.45, 2.75) is 34.9 Å². The zero-order valence-electron chi connectivity index (χ0n) is 23.0. The van der Waals surface area contributed by atoms with Crippen LogP contribution in [0.3, 0.4) is 0 Å². The number of aromatic nitrogens is 8. The van der Waals surface area contributed by atoms with Gasteiger partial charge in [-0.2, -0.15) is 9.97 Å². The zero-order valence-corrected chi connectivity index (χ0v) is 24.6. The van der Waals surface area contributed by atoms with Gasteiger partial charge in [-0.3, -0.25) is 4.79 Å². The van der Waals surface area contributed by atoms with E-state index in [-0.39, 0.29) is 57.8 Å². The Labute approximate surface area is 271 Å². The molecule has 2 aromatic carbocycles. The lowest BCUT2D eigenvalue weighted by Gasteiger charge is -2.05. The number of carbonyl (C=O) groups excluding carboxylic acids is 2. The van der Waals surface area contributed by atoms with Crippen molar-refractivity contribution in [3.63, 3.8) is 0 Å². The van der Waals surface area contributed by atoms with Crippen molar-refractivity contribution >= 4 is 34.6 Å². The number of amides is 1. The molecule has 0 radical (unpaired) electrons. The molecule has 240 valence electrons. The normalized spacial score (nSPS) is 10.2. The minimum absolute atomic E-state index is 0. The van der Waals surface area contributed by atoms with E-state index < -0.39 is 11.9 Å². The first-order chi connectivity index (χ1) is 21.3. The van der Waals surface area contributed by atoms with Gasteiger partial charge in [0.15, 0.2) is 21.7 Å². The number of primary amides is 1. The highest BCUT2D eigenvalue weighted by molar-refractivity contribution is 7.13. The van der Waals surface area contributed by atoms with Gasteiger partial charge in [-0.15, -0.1) is 32.9 Å². The Hall–Kier alpha value is -5.22. The van der Waals surface area contributed by atoms with Crippen molar-refractivity contribution in [1.29, 1.82) is 0 Å².